The Morgan fingerprint density at radius 1 is 1.35 bits per heavy atom. The van der Waals surface area contributed by atoms with Gasteiger partial charge in [-0.2, -0.15) is 0 Å². The highest BCUT2D eigenvalue weighted by Gasteiger charge is 2.16. The zero-order valence-electron chi connectivity index (χ0n) is 12.8. The van der Waals surface area contributed by atoms with E-state index in [1.54, 1.807) is 4.90 Å². The van der Waals surface area contributed by atoms with Gasteiger partial charge in [-0.15, -0.1) is 0 Å². The number of amides is 1. The maximum atomic E-state index is 12.2. The first kappa shape index (κ1) is 16.5. The fraction of sp³-hybridized carbons (Fsp3) is 0.562. The molecular weight excluding hydrogens is 252 g/mol. The van der Waals surface area contributed by atoms with Crippen LogP contribution in [0.25, 0.3) is 0 Å². The zero-order valence-corrected chi connectivity index (χ0v) is 12.8. The lowest BCUT2D eigenvalue weighted by Gasteiger charge is -2.21. The highest BCUT2D eigenvalue weighted by molar-refractivity contribution is 5.78. The van der Waals surface area contributed by atoms with Crippen LogP contribution in [0.5, 0.6) is 5.75 Å². The highest BCUT2D eigenvalue weighted by Crippen LogP contribution is 2.15. The Morgan fingerprint density at radius 3 is 2.55 bits per heavy atom. The zero-order chi connectivity index (χ0) is 15.0. The van der Waals surface area contributed by atoms with E-state index in [1.165, 1.54) is 0 Å². The molecule has 20 heavy (non-hydrogen) atoms. The third-order valence-corrected chi connectivity index (χ3v) is 3.29. The van der Waals surface area contributed by atoms with Crippen LogP contribution in [0.4, 0.5) is 0 Å². The second-order valence-corrected chi connectivity index (χ2v) is 5.10. The normalized spacial score (nSPS) is 12.0. The third-order valence-electron chi connectivity index (χ3n) is 3.29. The van der Waals surface area contributed by atoms with Gasteiger partial charge in [-0.1, -0.05) is 19.1 Å². The summed E-state index contributed by atoms with van der Waals surface area (Å²) >= 11 is 0. The molecule has 0 radical (unpaired) electrons. The summed E-state index contributed by atoms with van der Waals surface area (Å²) in [5.74, 6) is 1.07. The predicted octanol–water partition coefficient (Wildman–Crippen LogP) is 2.42. The second kappa shape index (κ2) is 8.59. The molecule has 1 unspecified atom stereocenters. The molecule has 4 nitrogen and oxygen atoms in total. The van der Waals surface area contributed by atoms with Crippen molar-refractivity contribution < 1.29 is 9.53 Å². The van der Waals surface area contributed by atoms with Crippen LogP contribution in [-0.2, 0) is 11.3 Å². The summed E-state index contributed by atoms with van der Waals surface area (Å²) < 4.78 is 5.40. The predicted molar refractivity (Wildman–Crippen MR) is 81.5 cm³/mol. The summed E-state index contributed by atoms with van der Waals surface area (Å²) in [6, 6.07) is 7.88. The average Bonchev–Trinajstić information content (AvgIpc) is 2.46. The van der Waals surface area contributed by atoms with E-state index in [9.17, 15) is 4.79 Å². The molecule has 0 aliphatic heterocycles. The monoisotopic (exact) mass is 278 g/mol. The lowest BCUT2D eigenvalue weighted by Crippen LogP contribution is -2.31. The van der Waals surface area contributed by atoms with E-state index in [-0.39, 0.29) is 11.8 Å². The standard InChI is InChI=1S/C16H26N2O2/c1-4-20-15-9-7-14(8-10-15)12-18(3)16(19)13(2)6-5-11-17/h7-10,13H,4-6,11-12,17H2,1-3H3. The quantitative estimate of drug-likeness (QED) is 0.794. The Labute approximate surface area is 121 Å². The molecule has 1 rings (SSSR count). The third kappa shape index (κ3) is 5.21. The first-order chi connectivity index (χ1) is 9.58. The molecule has 1 amide bonds. The molecule has 0 spiro atoms. The molecule has 2 N–H and O–H groups in total. The van der Waals surface area contributed by atoms with Crippen LogP contribution in [0.1, 0.15) is 32.3 Å². The van der Waals surface area contributed by atoms with Crippen LogP contribution in [0.15, 0.2) is 24.3 Å². The van der Waals surface area contributed by atoms with E-state index in [4.69, 9.17) is 10.5 Å². The minimum atomic E-state index is 0.0336. The summed E-state index contributed by atoms with van der Waals surface area (Å²) in [5, 5.41) is 0. The summed E-state index contributed by atoms with van der Waals surface area (Å²) in [7, 11) is 1.84. The first-order valence-corrected chi connectivity index (χ1v) is 7.25. The van der Waals surface area contributed by atoms with Crippen molar-refractivity contribution in [3.8, 4) is 5.75 Å². The molecule has 4 heteroatoms. The Hall–Kier alpha value is -1.55. The van der Waals surface area contributed by atoms with Crippen molar-refractivity contribution in [3.63, 3.8) is 0 Å². The van der Waals surface area contributed by atoms with E-state index < -0.39 is 0 Å². The van der Waals surface area contributed by atoms with Crippen molar-refractivity contribution in [1.29, 1.82) is 0 Å². The van der Waals surface area contributed by atoms with Gasteiger partial charge in [0, 0.05) is 19.5 Å². The second-order valence-electron chi connectivity index (χ2n) is 5.10. The number of benzene rings is 1. The van der Waals surface area contributed by atoms with Gasteiger partial charge in [-0.3, -0.25) is 4.79 Å². The minimum Gasteiger partial charge on any atom is -0.494 e. The van der Waals surface area contributed by atoms with Crippen molar-refractivity contribution in [3.05, 3.63) is 29.8 Å². The van der Waals surface area contributed by atoms with E-state index in [2.05, 4.69) is 0 Å². The number of carbonyl (C=O) groups is 1. The molecule has 1 aromatic carbocycles. The maximum Gasteiger partial charge on any atom is 0.225 e. The Morgan fingerprint density at radius 2 is 2.00 bits per heavy atom. The topological polar surface area (TPSA) is 55.6 Å². The van der Waals surface area contributed by atoms with E-state index in [1.807, 2.05) is 45.2 Å². The fourth-order valence-corrected chi connectivity index (χ4v) is 2.13. The average molecular weight is 278 g/mol. The molecule has 0 fully saturated rings. The number of hydrogen-bond donors (Lipinski definition) is 1. The Balaban J connectivity index is 2.52. The van der Waals surface area contributed by atoms with Gasteiger partial charge in [0.25, 0.3) is 0 Å². The van der Waals surface area contributed by atoms with Gasteiger partial charge in [0.05, 0.1) is 6.61 Å². The van der Waals surface area contributed by atoms with Crippen molar-refractivity contribution in [2.75, 3.05) is 20.2 Å². The van der Waals surface area contributed by atoms with Gasteiger partial charge in [0.1, 0.15) is 5.75 Å². The SMILES string of the molecule is CCOc1ccc(CN(C)C(=O)C(C)CCCN)cc1. The van der Waals surface area contributed by atoms with E-state index >= 15 is 0 Å². The first-order valence-electron chi connectivity index (χ1n) is 7.25. The number of carbonyl (C=O) groups excluding carboxylic acids is 1. The van der Waals surface area contributed by atoms with Gasteiger partial charge >= 0.3 is 0 Å². The molecule has 0 aliphatic rings. The van der Waals surface area contributed by atoms with Crippen LogP contribution in [0, 0.1) is 5.92 Å². The summed E-state index contributed by atoms with van der Waals surface area (Å²) in [6.45, 7) is 5.85. The molecule has 0 saturated carbocycles. The van der Waals surface area contributed by atoms with Gasteiger partial charge in [0.15, 0.2) is 0 Å². The van der Waals surface area contributed by atoms with Gasteiger partial charge in [0.2, 0.25) is 5.91 Å². The molecule has 0 aliphatic carbocycles. The molecule has 1 aromatic rings. The van der Waals surface area contributed by atoms with Gasteiger partial charge in [-0.05, 0) is 44.0 Å². The largest absolute Gasteiger partial charge is 0.494 e. The molecule has 0 saturated heterocycles. The minimum absolute atomic E-state index is 0.0336. The molecule has 0 bridgehead atoms. The number of rotatable bonds is 8. The fourth-order valence-electron chi connectivity index (χ4n) is 2.13. The van der Waals surface area contributed by atoms with Crippen LogP contribution in [0.3, 0.4) is 0 Å². The summed E-state index contributed by atoms with van der Waals surface area (Å²) in [6.07, 6.45) is 1.74. The van der Waals surface area contributed by atoms with Crippen molar-refractivity contribution in [2.24, 2.45) is 11.7 Å². The van der Waals surface area contributed by atoms with Crippen molar-refractivity contribution >= 4 is 5.91 Å². The van der Waals surface area contributed by atoms with Crippen LogP contribution in [-0.4, -0.2) is 31.0 Å². The molecule has 0 aromatic heterocycles. The van der Waals surface area contributed by atoms with Crippen molar-refractivity contribution in [1.82, 2.24) is 4.90 Å². The summed E-state index contributed by atoms with van der Waals surface area (Å²) in [5.41, 5.74) is 6.59. The Bertz CT molecular complexity index is 403. The van der Waals surface area contributed by atoms with E-state index in [0.717, 1.165) is 24.2 Å². The van der Waals surface area contributed by atoms with E-state index in [0.29, 0.717) is 19.7 Å². The maximum absolute atomic E-state index is 12.2. The molecule has 0 heterocycles. The smallest absolute Gasteiger partial charge is 0.225 e. The molecular formula is C16H26N2O2. The lowest BCUT2D eigenvalue weighted by atomic mass is 10.0. The molecule has 112 valence electrons. The van der Waals surface area contributed by atoms with Crippen molar-refractivity contribution in [2.45, 2.75) is 33.2 Å². The molecule has 1 atom stereocenters. The van der Waals surface area contributed by atoms with Gasteiger partial charge < -0.3 is 15.4 Å². The van der Waals surface area contributed by atoms with Gasteiger partial charge in [-0.25, -0.2) is 0 Å². The number of nitrogens with zero attached hydrogens (tertiary/aromatic N) is 1. The number of nitrogens with two attached hydrogens (primary N) is 1. The lowest BCUT2D eigenvalue weighted by molar-refractivity contribution is -0.134. The number of hydrogen-bond acceptors (Lipinski definition) is 3. The van der Waals surface area contributed by atoms with Crippen LogP contribution >= 0.6 is 0 Å². The summed E-state index contributed by atoms with van der Waals surface area (Å²) in [4.78, 5) is 14.0. The van der Waals surface area contributed by atoms with Crippen LogP contribution in [0.2, 0.25) is 0 Å². The number of ether oxygens (including phenoxy) is 1. The van der Waals surface area contributed by atoms with Crippen LogP contribution < -0.4 is 10.5 Å². The Kier molecular flexibility index (Phi) is 7.09. The highest BCUT2D eigenvalue weighted by atomic mass is 16.5.